The van der Waals surface area contributed by atoms with Crippen LogP contribution in [0.2, 0.25) is 0 Å². The quantitative estimate of drug-likeness (QED) is 0.859. The molecule has 21 heavy (non-hydrogen) atoms. The molecule has 110 valence electrons. The van der Waals surface area contributed by atoms with E-state index in [1.807, 2.05) is 0 Å². The summed E-state index contributed by atoms with van der Waals surface area (Å²) in [5.74, 6) is -0.748. The highest BCUT2D eigenvalue weighted by atomic mass is 19.1. The number of nitrogens with one attached hydrogen (secondary N) is 1. The van der Waals surface area contributed by atoms with Gasteiger partial charge in [0.05, 0.1) is 6.61 Å². The normalized spacial score (nSPS) is 13.3. The Kier molecular flexibility index (Phi) is 4.52. The van der Waals surface area contributed by atoms with Crippen molar-refractivity contribution in [2.45, 2.75) is 19.4 Å². The van der Waals surface area contributed by atoms with E-state index in [1.54, 1.807) is 50.5 Å². The molecule has 2 rings (SSSR count). The minimum Gasteiger partial charge on any atom is -0.464 e. The monoisotopic (exact) mass is 288 g/mol. The number of nitrogens with zero attached hydrogens (tertiary/aromatic N) is 1. The van der Waals surface area contributed by atoms with Gasteiger partial charge in [-0.1, -0.05) is 6.07 Å². The standard InChI is InChI=1S/C16H17FN2O2/c1-3-21-15(20)16(2,12-5-4-10-18-11-12)19-14-8-6-13(17)7-9-14/h4-11,19H,3H2,1-2H3. The Morgan fingerprint density at radius 1 is 1.33 bits per heavy atom. The van der Waals surface area contributed by atoms with Crippen LogP contribution in [0.1, 0.15) is 19.4 Å². The Balaban J connectivity index is 2.36. The van der Waals surface area contributed by atoms with Crippen LogP contribution < -0.4 is 5.32 Å². The van der Waals surface area contributed by atoms with Crippen molar-refractivity contribution in [3.8, 4) is 0 Å². The van der Waals surface area contributed by atoms with Gasteiger partial charge in [-0.25, -0.2) is 9.18 Å². The summed E-state index contributed by atoms with van der Waals surface area (Å²) in [4.78, 5) is 16.4. The number of aromatic nitrogens is 1. The third-order valence-electron chi connectivity index (χ3n) is 3.16. The van der Waals surface area contributed by atoms with Crippen molar-refractivity contribution in [1.29, 1.82) is 0 Å². The highest BCUT2D eigenvalue weighted by Crippen LogP contribution is 2.27. The van der Waals surface area contributed by atoms with Gasteiger partial charge < -0.3 is 10.1 Å². The van der Waals surface area contributed by atoms with E-state index in [0.717, 1.165) is 0 Å². The molecule has 1 aromatic carbocycles. The van der Waals surface area contributed by atoms with Crippen molar-refractivity contribution in [3.05, 3.63) is 60.2 Å². The van der Waals surface area contributed by atoms with E-state index in [0.29, 0.717) is 11.3 Å². The molecule has 0 fully saturated rings. The van der Waals surface area contributed by atoms with Gasteiger partial charge >= 0.3 is 5.97 Å². The summed E-state index contributed by atoms with van der Waals surface area (Å²) in [6.45, 7) is 3.74. The van der Waals surface area contributed by atoms with E-state index >= 15 is 0 Å². The number of pyridine rings is 1. The molecule has 1 N–H and O–H groups in total. The van der Waals surface area contributed by atoms with Crippen molar-refractivity contribution in [2.75, 3.05) is 11.9 Å². The third kappa shape index (κ3) is 3.37. The van der Waals surface area contributed by atoms with E-state index in [4.69, 9.17) is 4.74 Å². The van der Waals surface area contributed by atoms with Crippen LogP contribution in [0.15, 0.2) is 48.8 Å². The fraction of sp³-hybridized carbons (Fsp3) is 0.250. The maximum atomic E-state index is 13.0. The number of hydrogen-bond donors (Lipinski definition) is 1. The first-order valence-corrected chi connectivity index (χ1v) is 6.67. The first-order chi connectivity index (χ1) is 10.1. The van der Waals surface area contributed by atoms with Gasteiger partial charge in [-0.2, -0.15) is 0 Å². The maximum absolute atomic E-state index is 13.0. The zero-order valence-corrected chi connectivity index (χ0v) is 12.0. The first kappa shape index (κ1) is 15.0. The molecule has 0 saturated heterocycles. The lowest BCUT2D eigenvalue weighted by molar-refractivity contribution is -0.148. The van der Waals surface area contributed by atoms with Crippen LogP contribution in [0.5, 0.6) is 0 Å². The van der Waals surface area contributed by atoms with Crippen molar-refractivity contribution in [1.82, 2.24) is 4.98 Å². The molecule has 0 saturated carbocycles. The Hall–Kier alpha value is -2.43. The molecule has 1 aromatic heterocycles. The summed E-state index contributed by atoms with van der Waals surface area (Å²) in [7, 11) is 0. The van der Waals surface area contributed by atoms with Gasteiger partial charge in [0.2, 0.25) is 0 Å². The number of rotatable bonds is 5. The van der Waals surface area contributed by atoms with E-state index in [2.05, 4.69) is 10.3 Å². The predicted octanol–water partition coefficient (Wildman–Crippen LogP) is 3.11. The molecule has 0 aliphatic heterocycles. The summed E-state index contributed by atoms with van der Waals surface area (Å²) in [6, 6.07) is 9.35. The second-order valence-electron chi connectivity index (χ2n) is 4.72. The molecule has 2 aromatic rings. The lowest BCUT2D eigenvalue weighted by Gasteiger charge is -2.29. The third-order valence-corrected chi connectivity index (χ3v) is 3.16. The molecular weight excluding hydrogens is 271 g/mol. The average molecular weight is 288 g/mol. The van der Waals surface area contributed by atoms with E-state index in [1.165, 1.54) is 12.1 Å². The highest BCUT2D eigenvalue weighted by Gasteiger charge is 2.37. The number of ether oxygens (including phenoxy) is 1. The molecule has 0 amide bonds. The summed E-state index contributed by atoms with van der Waals surface area (Å²) in [5.41, 5.74) is 0.200. The number of hydrogen-bond acceptors (Lipinski definition) is 4. The van der Waals surface area contributed by atoms with E-state index in [9.17, 15) is 9.18 Å². The van der Waals surface area contributed by atoms with Gasteiger partial charge in [0.1, 0.15) is 5.82 Å². The van der Waals surface area contributed by atoms with E-state index < -0.39 is 11.5 Å². The van der Waals surface area contributed by atoms with Crippen LogP contribution in [-0.2, 0) is 15.1 Å². The van der Waals surface area contributed by atoms with Crippen LogP contribution in [0.25, 0.3) is 0 Å². The number of carbonyl (C=O) groups excluding carboxylic acids is 1. The lowest BCUT2D eigenvalue weighted by Crippen LogP contribution is -2.42. The number of anilines is 1. The first-order valence-electron chi connectivity index (χ1n) is 6.67. The highest BCUT2D eigenvalue weighted by molar-refractivity contribution is 5.85. The van der Waals surface area contributed by atoms with Crippen molar-refractivity contribution in [3.63, 3.8) is 0 Å². The maximum Gasteiger partial charge on any atom is 0.336 e. The summed E-state index contributed by atoms with van der Waals surface area (Å²) < 4.78 is 18.1. The van der Waals surface area contributed by atoms with Crippen LogP contribution >= 0.6 is 0 Å². The Bertz CT molecular complexity index is 601. The van der Waals surface area contributed by atoms with E-state index in [-0.39, 0.29) is 12.4 Å². The van der Waals surface area contributed by atoms with Gasteiger partial charge in [0.15, 0.2) is 5.54 Å². The molecule has 0 spiro atoms. The summed E-state index contributed by atoms with van der Waals surface area (Å²) in [6.07, 6.45) is 3.24. The minimum absolute atomic E-state index is 0.278. The number of benzene rings is 1. The summed E-state index contributed by atoms with van der Waals surface area (Å²) in [5, 5.41) is 3.10. The lowest BCUT2D eigenvalue weighted by atomic mass is 9.93. The molecule has 1 atom stereocenters. The van der Waals surface area contributed by atoms with Crippen LogP contribution in [0.4, 0.5) is 10.1 Å². The number of halogens is 1. The molecule has 5 heteroatoms. The van der Waals surface area contributed by atoms with Gasteiger partial charge in [-0.3, -0.25) is 4.98 Å². The van der Waals surface area contributed by atoms with Crippen LogP contribution in [-0.4, -0.2) is 17.6 Å². The molecule has 4 nitrogen and oxygen atoms in total. The van der Waals surface area contributed by atoms with Crippen molar-refractivity contribution < 1.29 is 13.9 Å². The van der Waals surface area contributed by atoms with Gasteiger partial charge in [-0.15, -0.1) is 0 Å². The van der Waals surface area contributed by atoms with Crippen LogP contribution in [0, 0.1) is 5.82 Å². The molecule has 1 heterocycles. The zero-order chi connectivity index (χ0) is 15.3. The second-order valence-corrected chi connectivity index (χ2v) is 4.72. The zero-order valence-electron chi connectivity index (χ0n) is 12.0. The molecule has 0 aliphatic rings. The largest absolute Gasteiger partial charge is 0.464 e. The molecule has 0 bridgehead atoms. The van der Waals surface area contributed by atoms with Crippen molar-refractivity contribution >= 4 is 11.7 Å². The predicted molar refractivity (Wildman–Crippen MR) is 78.2 cm³/mol. The van der Waals surface area contributed by atoms with Crippen LogP contribution in [0.3, 0.4) is 0 Å². The molecule has 0 radical (unpaired) electrons. The Labute approximate surface area is 123 Å². The van der Waals surface area contributed by atoms with Gasteiger partial charge in [0, 0.05) is 23.6 Å². The Morgan fingerprint density at radius 3 is 2.62 bits per heavy atom. The second kappa shape index (κ2) is 6.35. The smallest absolute Gasteiger partial charge is 0.336 e. The number of carbonyl (C=O) groups is 1. The minimum atomic E-state index is -1.10. The number of esters is 1. The molecular formula is C16H17FN2O2. The van der Waals surface area contributed by atoms with Gasteiger partial charge in [-0.05, 0) is 44.2 Å². The van der Waals surface area contributed by atoms with Gasteiger partial charge in [0.25, 0.3) is 0 Å². The molecule has 0 aliphatic carbocycles. The van der Waals surface area contributed by atoms with Crippen molar-refractivity contribution in [2.24, 2.45) is 0 Å². The SMILES string of the molecule is CCOC(=O)C(C)(Nc1ccc(F)cc1)c1cccnc1. The fourth-order valence-corrected chi connectivity index (χ4v) is 2.00. The Morgan fingerprint density at radius 2 is 2.05 bits per heavy atom. The topological polar surface area (TPSA) is 51.2 Å². The molecule has 1 unspecified atom stereocenters. The summed E-state index contributed by atoms with van der Waals surface area (Å²) >= 11 is 0. The fourth-order valence-electron chi connectivity index (χ4n) is 2.00. The average Bonchev–Trinajstić information content (AvgIpc) is 2.50.